The number of halogens is 3. The molecule has 3 aromatic rings. The number of nitrogens with one attached hydrogen (secondary N) is 1. The second kappa shape index (κ2) is 7.51. The molecule has 0 aliphatic carbocycles. The number of hydrogen-bond acceptors (Lipinski definition) is 3. The summed E-state index contributed by atoms with van der Waals surface area (Å²) in [6, 6.07) is 15.5. The molecule has 0 unspecified atom stereocenters. The van der Waals surface area contributed by atoms with Crippen molar-refractivity contribution in [2.75, 3.05) is 16.8 Å². The lowest BCUT2D eigenvalue weighted by Crippen LogP contribution is -2.44. The monoisotopic (exact) mass is 428 g/mol. The summed E-state index contributed by atoms with van der Waals surface area (Å²) in [6.45, 7) is -0.477. The van der Waals surface area contributed by atoms with Crippen LogP contribution < -0.4 is 10.2 Å². The number of carbonyl (C=O) groups is 2. The van der Waals surface area contributed by atoms with Gasteiger partial charge in [0, 0.05) is 16.7 Å². The van der Waals surface area contributed by atoms with Crippen molar-refractivity contribution in [1.29, 1.82) is 0 Å². The molecule has 8 heteroatoms. The molecule has 0 radical (unpaired) electrons. The quantitative estimate of drug-likeness (QED) is 0.663. The molecular weight excluding hydrogens is 414 g/mol. The molecule has 1 atom stereocenters. The van der Waals surface area contributed by atoms with E-state index in [1.165, 1.54) is 6.07 Å². The van der Waals surface area contributed by atoms with Crippen molar-refractivity contribution in [2.45, 2.75) is 5.60 Å². The number of nitrogens with zero attached hydrogens (tertiary/aromatic N) is 1. The Kier molecular flexibility index (Phi) is 5.01. The maximum Gasteiger partial charge on any atom is 0.268 e. The molecule has 152 valence electrons. The number of carbonyl (C=O) groups excluding carboxylic acids is 2. The summed E-state index contributed by atoms with van der Waals surface area (Å²) in [6.07, 6.45) is 0. The van der Waals surface area contributed by atoms with Crippen LogP contribution in [0.3, 0.4) is 0 Å². The van der Waals surface area contributed by atoms with E-state index in [1.807, 2.05) is 0 Å². The van der Waals surface area contributed by atoms with Crippen molar-refractivity contribution in [3.63, 3.8) is 0 Å². The Morgan fingerprint density at radius 1 is 1.07 bits per heavy atom. The van der Waals surface area contributed by atoms with Crippen molar-refractivity contribution in [3.05, 3.63) is 94.5 Å². The molecule has 2 N–H and O–H groups in total. The van der Waals surface area contributed by atoms with Crippen molar-refractivity contribution < 1.29 is 23.5 Å². The van der Waals surface area contributed by atoms with Gasteiger partial charge in [0.25, 0.3) is 5.91 Å². The molecule has 0 fully saturated rings. The Balaban J connectivity index is 1.66. The third kappa shape index (κ3) is 3.32. The van der Waals surface area contributed by atoms with E-state index in [0.717, 1.165) is 17.0 Å². The molecule has 0 spiro atoms. The zero-order valence-corrected chi connectivity index (χ0v) is 16.2. The summed E-state index contributed by atoms with van der Waals surface area (Å²) in [4.78, 5) is 26.8. The molecule has 4 rings (SSSR count). The van der Waals surface area contributed by atoms with Gasteiger partial charge in [-0.2, -0.15) is 0 Å². The smallest absolute Gasteiger partial charge is 0.268 e. The maximum absolute atomic E-state index is 13.8. The van der Waals surface area contributed by atoms with Gasteiger partial charge >= 0.3 is 0 Å². The number of amides is 2. The lowest BCUT2D eigenvalue weighted by atomic mass is 9.87. The Bertz CT molecular complexity index is 1170. The van der Waals surface area contributed by atoms with E-state index in [4.69, 9.17) is 11.6 Å². The van der Waals surface area contributed by atoms with Crippen LogP contribution in [0.2, 0.25) is 5.02 Å². The Morgan fingerprint density at radius 3 is 2.57 bits per heavy atom. The van der Waals surface area contributed by atoms with Crippen LogP contribution in [-0.4, -0.2) is 23.5 Å². The lowest BCUT2D eigenvalue weighted by Gasteiger charge is -2.23. The van der Waals surface area contributed by atoms with E-state index < -0.39 is 35.6 Å². The third-order valence-corrected chi connectivity index (χ3v) is 5.12. The van der Waals surface area contributed by atoms with Gasteiger partial charge in [0.1, 0.15) is 18.2 Å². The number of benzene rings is 3. The zero-order valence-electron chi connectivity index (χ0n) is 15.4. The largest absolute Gasteiger partial charge is 0.372 e. The topological polar surface area (TPSA) is 69.6 Å². The summed E-state index contributed by atoms with van der Waals surface area (Å²) < 4.78 is 26.9. The molecule has 0 saturated carbocycles. The second-order valence-corrected chi connectivity index (χ2v) is 7.24. The minimum absolute atomic E-state index is 0.216. The SMILES string of the molecule is O=C(CN1C(=O)[C@](O)(c2cccc(Cl)c2)c2ccccc21)Nc1ccc(F)cc1F. The van der Waals surface area contributed by atoms with Gasteiger partial charge in [-0.25, -0.2) is 8.78 Å². The first-order chi connectivity index (χ1) is 14.3. The van der Waals surface area contributed by atoms with Crippen molar-refractivity contribution in [1.82, 2.24) is 0 Å². The van der Waals surface area contributed by atoms with E-state index in [0.29, 0.717) is 22.3 Å². The van der Waals surface area contributed by atoms with E-state index in [2.05, 4.69) is 5.32 Å². The maximum atomic E-state index is 13.8. The Labute approximate surface area is 175 Å². The van der Waals surface area contributed by atoms with Crippen LogP contribution in [0.15, 0.2) is 66.7 Å². The summed E-state index contributed by atoms with van der Waals surface area (Å²) >= 11 is 6.03. The molecule has 0 aromatic heterocycles. The number of fused-ring (bicyclic) bond motifs is 1. The fourth-order valence-electron chi connectivity index (χ4n) is 3.51. The van der Waals surface area contributed by atoms with Gasteiger partial charge in [0.15, 0.2) is 5.60 Å². The minimum Gasteiger partial charge on any atom is -0.372 e. The molecule has 1 heterocycles. The highest BCUT2D eigenvalue weighted by Gasteiger charge is 2.51. The number of aliphatic hydroxyl groups is 1. The first-order valence-corrected chi connectivity index (χ1v) is 9.33. The van der Waals surface area contributed by atoms with Gasteiger partial charge < -0.3 is 10.4 Å². The third-order valence-electron chi connectivity index (χ3n) is 4.89. The molecule has 30 heavy (non-hydrogen) atoms. The normalized spacial score (nSPS) is 17.7. The van der Waals surface area contributed by atoms with Crippen LogP contribution >= 0.6 is 11.6 Å². The number of anilines is 2. The molecule has 5 nitrogen and oxygen atoms in total. The van der Waals surface area contributed by atoms with Crippen molar-refractivity contribution in [2.24, 2.45) is 0 Å². The second-order valence-electron chi connectivity index (χ2n) is 6.80. The molecule has 1 aliphatic heterocycles. The summed E-state index contributed by atoms with van der Waals surface area (Å²) in [5.74, 6) is -3.16. The van der Waals surface area contributed by atoms with Crippen LogP contribution in [0.5, 0.6) is 0 Å². The molecule has 0 bridgehead atoms. The first-order valence-electron chi connectivity index (χ1n) is 8.95. The van der Waals surface area contributed by atoms with E-state index in [9.17, 15) is 23.5 Å². The highest BCUT2D eigenvalue weighted by Crippen LogP contribution is 2.44. The van der Waals surface area contributed by atoms with E-state index in [1.54, 1.807) is 42.5 Å². The fraction of sp³-hybridized carbons (Fsp3) is 0.0909. The number of para-hydroxylation sites is 1. The summed E-state index contributed by atoms with van der Waals surface area (Å²) in [5.41, 5.74) is -1.33. The number of rotatable bonds is 4. The van der Waals surface area contributed by atoms with Gasteiger partial charge in [-0.1, -0.05) is 41.9 Å². The van der Waals surface area contributed by atoms with Crippen LogP contribution in [-0.2, 0) is 15.2 Å². The molecule has 0 saturated heterocycles. The average molecular weight is 429 g/mol. The van der Waals surface area contributed by atoms with Gasteiger partial charge in [-0.15, -0.1) is 0 Å². The summed E-state index contributed by atoms with van der Waals surface area (Å²) in [7, 11) is 0. The van der Waals surface area contributed by atoms with E-state index in [-0.39, 0.29) is 11.3 Å². The minimum atomic E-state index is -2.02. The number of hydrogen-bond donors (Lipinski definition) is 2. The summed E-state index contributed by atoms with van der Waals surface area (Å²) in [5, 5.41) is 14.0. The van der Waals surface area contributed by atoms with Crippen LogP contribution in [0.1, 0.15) is 11.1 Å². The lowest BCUT2D eigenvalue weighted by molar-refractivity contribution is -0.133. The highest BCUT2D eigenvalue weighted by atomic mass is 35.5. The van der Waals surface area contributed by atoms with Gasteiger partial charge in [0.05, 0.1) is 11.4 Å². The predicted molar refractivity (Wildman–Crippen MR) is 108 cm³/mol. The standard InChI is InChI=1S/C22H15ClF2N2O3/c23-14-5-3-4-13(10-14)22(30)16-6-1-2-7-19(16)27(21(22)29)12-20(28)26-18-9-8-15(24)11-17(18)25/h1-11,30H,12H2,(H,26,28)/t22-/m0/s1. The van der Waals surface area contributed by atoms with Crippen LogP contribution in [0, 0.1) is 11.6 Å². The van der Waals surface area contributed by atoms with Gasteiger partial charge in [0.2, 0.25) is 5.91 Å². The molecule has 2 amide bonds. The highest BCUT2D eigenvalue weighted by molar-refractivity contribution is 6.30. The fourth-order valence-corrected chi connectivity index (χ4v) is 3.70. The Hall–Kier alpha value is -3.29. The van der Waals surface area contributed by atoms with Crippen LogP contribution in [0.25, 0.3) is 0 Å². The van der Waals surface area contributed by atoms with E-state index >= 15 is 0 Å². The van der Waals surface area contributed by atoms with Crippen molar-refractivity contribution in [3.8, 4) is 0 Å². The molecule has 3 aromatic carbocycles. The van der Waals surface area contributed by atoms with Gasteiger partial charge in [-0.3, -0.25) is 14.5 Å². The molecular formula is C22H15ClF2N2O3. The van der Waals surface area contributed by atoms with Gasteiger partial charge in [-0.05, 0) is 35.9 Å². The zero-order chi connectivity index (χ0) is 21.5. The predicted octanol–water partition coefficient (Wildman–Crippen LogP) is 3.84. The molecule has 1 aliphatic rings. The Morgan fingerprint density at radius 2 is 1.83 bits per heavy atom. The van der Waals surface area contributed by atoms with Crippen LogP contribution in [0.4, 0.5) is 20.2 Å². The average Bonchev–Trinajstić information content (AvgIpc) is 2.93. The van der Waals surface area contributed by atoms with Crippen molar-refractivity contribution >= 4 is 34.8 Å². The first kappa shape index (κ1) is 20.0.